The van der Waals surface area contributed by atoms with Crippen LogP contribution in [0.25, 0.3) is 10.9 Å². The second kappa shape index (κ2) is 14.0. The van der Waals surface area contributed by atoms with Gasteiger partial charge in [-0.1, -0.05) is 50.3 Å². The number of ether oxygens (including phenoxy) is 1. The molecule has 1 saturated heterocycles. The molecule has 0 radical (unpaired) electrons. The molecule has 3 amide bonds. The van der Waals surface area contributed by atoms with Gasteiger partial charge in [0.15, 0.2) is 23.2 Å². The van der Waals surface area contributed by atoms with Crippen molar-refractivity contribution >= 4 is 34.4 Å². The largest absolute Gasteiger partial charge is 0.480 e. The third-order valence-corrected chi connectivity index (χ3v) is 8.44. The summed E-state index contributed by atoms with van der Waals surface area (Å²) in [6.45, 7) is -0.481. The maximum absolute atomic E-state index is 14.1. The van der Waals surface area contributed by atoms with Gasteiger partial charge < -0.3 is 25.7 Å². The number of ketones is 1. The van der Waals surface area contributed by atoms with E-state index in [-0.39, 0.29) is 23.9 Å². The molecule has 0 unspecified atom stereocenters. The Morgan fingerprint density at radius 1 is 0.909 bits per heavy atom. The molecule has 44 heavy (non-hydrogen) atoms. The minimum absolute atomic E-state index is 0.0833. The van der Waals surface area contributed by atoms with E-state index in [2.05, 4.69) is 20.9 Å². The highest BCUT2D eigenvalue weighted by Gasteiger charge is 2.34. The van der Waals surface area contributed by atoms with Gasteiger partial charge in [-0.15, -0.1) is 0 Å². The Bertz CT molecular complexity index is 1500. The molecule has 1 aliphatic heterocycles. The van der Waals surface area contributed by atoms with E-state index in [9.17, 15) is 32.3 Å². The normalized spacial score (nSPS) is 18.4. The molecule has 0 bridgehead atoms. The van der Waals surface area contributed by atoms with E-state index < -0.39 is 65.4 Å². The molecule has 2 aliphatic rings. The molecule has 3 atom stereocenters. The first-order valence-electron chi connectivity index (χ1n) is 14.9. The first-order chi connectivity index (χ1) is 21.2. The van der Waals surface area contributed by atoms with Crippen LogP contribution < -0.4 is 20.7 Å². The summed E-state index contributed by atoms with van der Waals surface area (Å²) in [5.74, 6) is -7.76. The second-order valence-corrected chi connectivity index (χ2v) is 11.5. The van der Waals surface area contributed by atoms with Crippen LogP contribution in [0.3, 0.4) is 0 Å². The number of amides is 3. The van der Waals surface area contributed by atoms with Gasteiger partial charge in [-0.2, -0.15) is 4.39 Å². The van der Waals surface area contributed by atoms with E-state index >= 15 is 0 Å². The summed E-state index contributed by atoms with van der Waals surface area (Å²) in [4.78, 5) is 55.7. The summed E-state index contributed by atoms with van der Waals surface area (Å²) in [6.07, 6.45) is 5.61. The molecule has 1 aromatic heterocycles. The fourth-order valence-electron chi connectivity index (χ4n) is 6.00. The van der Waals surface area contributed by atoms with E-state index in [1.54, 1.807) is 6.07 Å². The van der Waals surface area contributed by atoms with Crippen molar-refractivity contribution in [3.63, 3.8) is 0 Å². The Hall–Kier alpha value is -4.35. The SMILES string of the molecule is O=C(N[C@@H](CC1CCCCC1)C(=O)N[C@@H](C[C@@H]1CCNC1=O)C(=O)COc1c(F)ccc(F)c1F)c1cc2ccccc2[nH]1. The van der Waals surface area contributed by atoms with Crippen LogP contribution in [0.5, 0.6) is 5.75 Å². The molecule has 4 N–H and O–H groups in total. The van der Waals surface area contributed by atoms with Gasteiger partial charge in [-0.05, 0) is 49.4 Å². The highest BCUT2D eigenvalue weighted by molar-refractivity contribution is 6.01. The number of fused-ring (bicyclic) bond motifs is 1. The molecule has 2 fully saturated rings. The topological polar surface area (TPSA) is 129 Å². The lowest BCUT2D eigenvalue weighted by Gasteiger charge is -2.28. The molecule has 0 spiro atoms. The number of benzene rings is 2. The molecule has 234 valence electrons. The number of carbonyl (C=O) groups excluding carboxylic acids is 4. The maximum atomic E-state index is 14.1. The summed E-state index contributed by atoms with van der Waals surface area (Å²) < 4.78 is 46.9. The van der Waals surface area contributed by atoms with Gasteiger partial charge in [-0.25, -0.2) is 8.78 Å². The summed E-state index contributed by atoms with van der Waals surface area (Å²) in [5.41, 5.74) is 1.04. The van der Waals surface area contributed by atoms with Gasteiger partial charge in [0.05, 0.1) is 6.04 Å². The summed E-state index contributed by atoms with van der Waals surface area (Å²) in [5, 5.41) is 9.02. The van der Waals surface area contributed by atoms with E-state index in [4.69, 9.17) is 4.74 Å². The average molecular weight is 613 g/mol. The van der Waals surface area contributed by atoms with E-state index in [1.165, 1.54) is 0 Å². The molecule has 5 rings (SSSR count). The smallest absolute Gasteiger partial charge is 0.268 e. The quantitative estimate of drug-likeness (QED) is 0.227. The third-order valence-electron chi connectivity index (χ3n) is 8.44. The predicted molar refractivity (Wildman–Crippen MR) is 155 cm³/mol. The third kappa shape index (κ3) is 7.40. The Labute approximate surface area is 252 Å². The maximum Gasteiger partial charge on any atom is 0.268 e. The number of nitrogens with one attached hydrogen (secondary N) is 4. The number of para-hydroxylation sites is 1. The second-order valence-electron chi connectivity index (χ2n) is 11.5. The van der Waals surface area contributed by atoms with Gasteiger partial charge in [0.25, 0.3) is 5.91 Å². The molecule has 2 heterocycles. The van der Waals surface area contributed by atoms with Crippen LogP contribution in [0.4, 0.5) is 13.2 Å². The van der Waals surface area contributed by atoms with Crippen molar-refractivity contribution in [2.75, 3.05) is 13.2 Å². The summed E-state index contributed by atoms with van der Waals surface area (Å²) in [6, 6.07) is 8.06. The highest BCUT2D eigenvalue weighted by Crippen LogP contribution is 2.28. The van der Waals surface area contributed by atoms with E-state index in [0.717, 1.165) is 43.0 Å². The van der Waals surface area contributed by atoms with Crippen LogP contribution in [0.15, 0.2) is 42.5 Å². The summed E-state index contributed by atoms with van der Waals surface area (Å²) in [7, 11) is 0. The first kappa shape index (κ1) is 31.1. The molecular weight excluding hydrogens is 577 g/mol. The van der Waals surface area contributed by atoms with Crippen LogP contribution in [-0.4, -0.2) is 53.7 Å². The number of carbonyl (C=O) groups is 4. The van der Waals surface area contributed by atoms with Crippen molar-refractivity contribution in [2.24, 2.45) is 11.8 Å². The van der Waals surface area contributed by atoms with Crippen LogP contribution in [0.1, 0.15) is 61.9 Å². The lowest BCUT2D eigenvalue weighted by Crippen LogP contribution is -2.53. The Balaban J connectivity index is 1.34. The highest BCUT2D eigenvalue weighted by atomic mass is 19.2. The van der Waals surface area contributed by atoms with Crippen molar-refractivity contribution in [3.8, 4) is 5.75 Å². The van der Waals surface area contributed by atoms with Crippen LogP contribution in [0, 0.1) is 29.3 Å². The summed E-state index contributed by atoms with van der Waals surface area (Å²) >= 11 is 0. The molecule has 3 aromatic rings. The van der Waals surface area contributed by atoms with Gasteiger partial charge >= 0.3 is 0 Å². The van der Waals surface area contributed by atoms with Crippen molar-refractivity contribution in [1.29, 1.82) is 0 Å². The Morgan fingerprint density at radius 2 is 1.66 bits per heavy atom. The van der Waals surface area contributed by atoms with Crippen LogP contribution >= 0.6 is 0 Å². The van der Waals surface area contributed by atoms with Crippen molar-refractivity contribution in [3.05, 3.63) is 65.6 Å². The molecule has 9 nitrogen and oxygen atoms in total. The minimum Gasteiger partial charge on any atom is -0.480 e. The fourth-order valence-corrected chi connectivity index (χ4v) is 6.00. The van der Waals surface area contributed by atoms with Gasteiger partial charge in [0.2, 0.25) is 17.6 Å². The Morgan fingerprint density at radius 3 is 2.39 bits per heavy atom. The number of rotatable bonds is 12. The molecular formula is C32H35F3N4O5. The molecule has 1 saturated carbocycles. The number of Topliss-reactive ketones (excluding diaryl/α,β-unsaturated/α-hetero) is 1. The van der Waals surface area contributed by atoms with Crippen molar-refractivity contribution in [2.45, 2.75) is 63.5 Å². The first-order valence-corrected chi connectivity index (χ1v) is 14.9. The monoisotopic (exact) mass is 612 g/mol. The van der Waals surface area contributed by atoms with Gasteiger partial charge in [-0.3, -0.25) is 19.2 Å². The zero-order chi connectivity index (χ0) is 31.2. The Kier molecular flexibility index (Phi) is 9.86. The number of hydrogen-bond acceptors (Lipinski definition) is 5. The standard InChI is InChI=1S/C32H35F3N4O5/c33-21-10-11-22(34)29(28(21)35)44-17-27(40)24(16-20-12-13-36-30(20)41)38-31(42)25(14-18-6-2-1-3-7-18)39-32(43)26-15-19-8-4-5-9-23(19)37-26/h4-5,8-11,15,18,20,24-25,37H,1-3,6-7,12-14,16-17H2,(H,36,41)(H,38,42)(H,39,43)/t20-,24-,25-/m0/s1. The van der Waals surface area contributed by atoms with Crippen molar-refractivity contribution < 1.29 is 37.1 Å². The number of H-pyrrole nitrogens is 1. The predicted octanol–water partition coefficient (Wildman–Crippen LogP) is 4.31. The van der Waals surface area contributed by atoms with E-state index in [1.807, 2.05) is 24.3 Å². The number of aromatic amines is 1. The number of hydrogen-bond donors (Lipinski definition) is 4. The molecule has 12 heteroatoms. The molecule has 1 aliphatic carbocycles. The zero-order valence-electron chi connectivity index (χ0n) is 24.1. The fraction of sp³-hybridized carbons (Fsp3) is 0.438. The van der Waals surface area contributed by atoms with Gasteiger partial charge in [0.1, 0.15) is 18.3 Å². The minimum atomic E-state index is -1.58. The molecule has 2 aromatic carbocycles. The lowest BCUT2D eigenvalue weighted by molar-refractivity contribution is -0.131. The van der Waals surface area contributed by atoms with Crippen LogP contribution in [0.2, 0.25) is 0 Å². The van der Waals surface area contributed by atoms with Gasteiger partial charge in [0, 0.05) is 23.4 Å². The van der Waals surface area contributed by atoms with Crippen molar-refractivity contribution in [1.82, 2.24) is 20.9 Å². The average Bonchev–Trinajstić information content (AvgIpc) is 3.64. The lowest BCUT2D eigenvalue weighted by atomic mass is 9.84. The number of aromatic nitrogens is 1. The number of halogens is 3. The van der Waals surface area contributed by atoms with Crippen LogP contribution in [-0.2, 0) is 14.4 Å². The van der Waals surface area contributed by atoms with E-state index in [0.29, 0.717) is 31.5 Å². The zero-order valence-corrected chi connectivity index (χ0v) is 24.1.